The average molecular weight is 401 g/mol. The van der Waals surface area contributed by atoms with Gasteiger partial charge in [-0.1, -0.05) is 35.9 Å². The van der Waals surface area contributed by atoms with Crippen LogP contribution < -0.4 is 40.0 Å². The summed E-state index contributed by atoms with van der Waals surface area (Å²) >= 11 is 5.78. The van der Waals surface area contributed by atoms with Crippen molar-refractivity contribution in [2.75, 3.05) is 5.32 Å². The number of carboxylic acids is 1. The van der Waals surface area contributed by atoms with Gasteiger partial charge in [0.2, 0.25) is 5.91 Å². The molecule has 3 aromatic rings. The molecule has 3 rings (SSSR count). The Morgan fingerprint density at radius 2 is 1.82 bits per heavy atom. The van der Waals surface area contributed by atoms with Crippen LogP contribution in [0.1, 0.15) is 15.9 Å². The standard InChI is InChI=1S/C21H15ClN2O3.Na/c22-17-7-8-19(18(12-17)21(26)27)24-20(25)9-6-14-3-1-4-15(11-14)16-5-2-10-23-13-16;/h1-13H,(H,24,25)(H,26,27);/q;+1/p-1. The minimum atomic E-state index is -1.42. The fourth-order valence-corrected chi connectivity index (χ4v) is 2.67. The van der Waals surface area contributed by atoms with E-state index in [0.29, 0.717) is 0 Å². The maximum Gasteiger partial charge on any atom is 1.00 e. The zero-order valence-corrected chi connectivity index (χ0v) is 17.8. The summed E-state index contributed by atoms with van der Waals surface area (Å²) in [5.74, 6) is -1.88. The number of amides is 1. The van der Waals surface area contributed by atoms with Crippen molar-refractivity contribution in [2.24, 2.45) is 0 Å². The molecule has 0 bridgehead atoms. The van der Waals surface area contributed by atoms with Crippen LogP contribution in [0.4, 0.5) is 5.69 Å². The van der Waals surface area contributed by atoms with Gasteiger partial charge in [-0.3, -0.25) is 9.78 Å². The second-order valence-electron chi connectivity index (χ2n) is 5.67. The first-order chi connectivity index (χ1) is 13.0. The van der Waals surface area contributed by atoms with Gasteiger partial charge in [0.15, 0.2) is 0 Å². The van der Waals surface area contributed by atoms with E-state index in [4.69, 9.17) is 11.6 Å². The fraction of sp³-hybridized carbons (Fsp3) is 0. The summed E-state index contributed by atoms with van der Waals surface area (Å²) < 4.78 is 0. The van der Waals surface area contributed by atoms with Crippen LogP contribution in [0.3, 0.4) is 0 Å². The summed E-state index contributed by atoms with van der Waals surface area (Å²) in [5, 5.41) is 13.9. The van der Waals surface area contributed by atoms with Crippen LogP contribution in [0.5, 0.6) is 0 Å². The maximum absolute atomic E-state index is 12.1. The van der Waals surface area contributed by atoms with Crippen molar-refractivity contribution < 1.29 is 44.3 Å². The van der Waals surface area contributed by atoms with Gasteiger partial charge in [0, 0.05) is 34.6 Å². The first kappa shape index (κ1) is 21.9. The molecular formula is C21H14ClN2NaO3. The minimum absolute atomic E-state index is 0. The van der Waals surface area contributed by atoms with Gasteiger partial charge in [0.1, 0.15) is 0 Å². The predicted molar refractivity (Wildman–Crippen MR) is 103 cm³/mol. The second kappa shape index (κ2) is 10.2. The van der Waals surface area contributed by atoms with Gasteiger partial charge < -0.3 is 15.2 Å². The number of aromatic carboxylic acids is 1. The molecule has 0 saturated carbocycles. The van der Waals surface area contributed by atoms with E-state index in [-0.39, 0.29) is 45.8 Å². The molecule has 1 heterocycles. The van der Waals surface area contributed by atoms with Crippen molar-refractivity contribution in [2.45, 2.75) is 0 Å². The van der Waals surface area contributed by atoms with Gasteiger partial charge in [-0.25, -0.2) is 0 Å². The average Bonchev–Trinajstić information content (AvgIpc) is 2.68. The van der Waals surface area contributed by atoms with Crippen molar-refractivity contribution in [3.63, 3.8) is 0 Å². The van der Waals surface area contributed by atoms with Gasteiger partial charge in [0.05, 0.1) is 11.7 Å². The number of nitrogens with zero attached hydrogens (tertiary/aromatic N) is 1. The third kappa shape index (κ3) is 5.78. The van der Waals surface area contributed by atoms with Gasteiger partial charge in [-0.05, 0) is 47.5 Å². The Bertz CT molecular complexity index is 1020. The van der Waals surface area contributed by atoms with E-state index >= 15 is 0 Å². The number of anilines is 1. The zero-order chi connectivity index (χ0) is 19.2. The van der Waals surface area contributed by atoms with E-state index in [0.717, 1.165) is 16.7 Å². The molecule has 0 radical (unpaired) electrons. The molecule has 0 aliphatic heterocycles. The van der Waals surface area contributed by atoms with Crippen LogP contribution in [0, 0.1) is 0 Å². The molecule has 134 valence electrons. The smallest absolute Gasteiger partial charge is 0.545 e. The van der Waals surface area contributed by atoms with E-state index in [1.165, 1.54) is 24.3 Å². The summed E-state index contributed by atoms with van der Waals surface area (Å²) in [7, 11) is 0. The summed E-state index contributed by atoms with van der Waals surface area (Å²) in [4.78, 5) is 27.4. The number of rotatable bonds is 5. The molecule has 0 saturated heterocycles. The van der Waals surface area contributed by atoms with Crippen LogP contribution in [-0.2, 0) is 4.79 Å². The molecule has 0 aliphatic rings. The van der Waals surface area contributed by atoms with Crippen molar-refractivity contribution >= 4 is 35.2 Å². The third-order valence-electron chi connectivity index (χ3n) is 3.77. The monoisotopic (exact) mass is 400 g/mol. The van der Waals surface area contributed by atoms with E-state index < -0.39 is 11.9 Å². The Morgan fingerprint density at radius 1 is 1.04 bits per heavy atom. The summed E-state index contributed by atoms with van der Waals surface area (Å²) in [6, 6.07) is 15.6. The van der Waals surface area contributed by atoms with Crippen LogP contribution in [0.25, 0.3) is 17.2 Å². The topological polar surface area (TPSA) is 82.1 Å². The summed E-state index contributed by atoms with van der Waals surface area (Å²) in [6.45, 7) is 0. The molecule has 0 fully saturated rings. The SMILES string of the molecule is O=C(C=Cc1cccc(-c2cccnc2)c1)Nc1ccc(Cl)cc1C(=O)[O-].[Na+]. The Morgan fingerprint density at radius 3 is 2.54 bits per heavy atom. The van der Waals surface area contributed by atoms with Crippen LogP contribution in [-0.4, -0.2) is 16.9 Å². The molecule has 0 unspecified atom stereocenters. The van der Waals surface area contributed by atoms with Gasteiger partial charge >= 0.3 is 29.6 Å². The van der Waals surface area contributed by atoms with E-state index in [2.05, 4.69) is 10.3 Å². The van der Waals surface area contributed by atoms with Crippen molar-refractivity contribution in [1.29, 1.82) is 0 Å². The number of halogens is 1. The number of hydrogen-bond acceptors (Lipinski definition) is 4. The maximum atomic E-state index is 12.1. The van der Waals surface area contributed by atoms with Gasteiger partial charge in [-0.2, -0.15) is 0 Å². The Hall–Kier alpha value is -2.44. The molecular weight excluding hydrogens is 387 g/mol. The predicted octanol–water partition coefficient (Wildman–Crippen LogP) is 0.421. The minimum Gasteiger partial charge on any atom is -0.545 e. The van der Waals surface area contributed by atoms with Gasteiger partial charge in [-0.15, -0.1) is 0 Å². The quantitative estimate of drug-likeness (QED) is 0.497. The number of pyridine rings is 1. The van der Waals surface area contributed by atoms with E-state index in [9.17, 15) is 14.7 Å². The summed E-state index contributed by atoms with van der Waals surface area (Å²) in [6.07, 6.45) is 6.44. The molecule has 1 N–H and O–H groups in total. The number of hydrogen-bond donors (Lipinski definition) is 1. The number of nitrogens with one attached hydrogen (secondary N) is 1. The normalized spacial score (nSPS) is 10.3. The molecule has 5 nitrogen and oxygen atoms in total. The number of carbonyl (C=O) groups is 2. The number of carbonyl (C=O) groups excluding carboxylic acids is 2. The molecule has 0 atom stereocenters. The van der Waals surface area contributed by atoms with E-state index in [1.54, 1.807) is 18.5 Å². The van der Waals surface area contributed by atoms with Crippen LogP contribution in [0.15, 0.2) is 73.1 Å². The largest absolute Gasteiger partial charge is 1.00 e. The number of carboxylic acid groups (broad SMARTS) is 1. The van der Waals surface area contributed by atoms with E-state index in [1.807, 2.05) is 36.4 Å². The zero-order valence-electron chi connectivity index (χ0n) is 15.1. The molecule has 2 aromatic carbocycles. The third-order valence-corrected chi connectivity index (χ3v) is 4.00. The molecule has 0 spiro atoms. The van der Waals surface area contributed by atoms with Crippen molar-refractivity contribution in [3.05, 3.63) is 89.2 Å². The molecule has 1 amide bonds. The molecule has 7 heteroatoms. The molecule has 0 aliphatic carbocycles. The van der Waals surface area contributed by atoms with Crippen LogP contribution >= 0.6 is 11.6 Å². The summed E-state index contributed by atoms with van der Waals surface area (Å²) in [5.41, 5.74) is 2.71. The Kier molecular flexibility index (Phi) is 7.96. The molecule has 28 heavy (non-hydrogen) atoms. The van der Waals surface area contributed by atoms with Crippen LogP contribution in [0.2, 0.25) is 5.02 Å². The first-order valence-corrected chi connectivity index (χ1v) is 8.41. The number of benzene rings is 2. The molecule has 1 aromatic heterocycles. The number of aromatic nitrogens is 1. The Balaban J connectivity index is 0.00000280. The Labute approximate surface area is 189 Å². The first-order valence-electron chi connectivity index (χ1n) is 8.03. The fourth-order valence-electron chi connectivity index (χ4n) is 2.50. The van der Waals surface area contributed by atoms with Gasteiger partial charge in [0.25, 0.3) is 0 Å². The van der Waals surface area contributed by atoms with Crippen molar-refractivity contribution in [1.82, 2.24) is 4.98 Å². The second-order valence-corrected chi connectivity index (χ2v) is 6.10. The van der Waals surface area contributed by atoms with Crippen molar-refractivity contribution in [3.8, 4) is 11.1 Å².